The van der Waals surface area contributed by atoms with Gasteiger partial charge in [0, 0.05) is 17.8 Å². The predicted molar refractivity (Wildman–Crippen MR) is 109 cm³/mol. The second-order valence-corrected chi connectivity index (χ2v) is 8.97. The lowest BCUT2D eigenvalue weighted by atomic mass is 9.99. The molecule has 0 unspecified atom stereocenters. The number of aryl methyl sites for hydroxylation is 2. The monoisotopic (exact) mass is 397 g/mol. The highest BCUT2D eigenvalue weighted by molar-refractivity contribution is 7.90. The van der Waals surface area contributed by atoms with Gasteiger partial charge in [-0.15, -0.1) is 4.40 Å². The number of sulfonamides is 1. The van der Waals surface area contributed by atoms with Crippen molar-refractivity contribution in [3.05, 3.63) is 59.2 Å². The van der Waals surface area contributed by atoms with Gasteiger partial charge in [0.15, 0.2) is 5.84 Å². The first-order valence-electron chi connectivity index (χ1n) is 9.46. The van der Waals surface area contributed by atoms with E-state index in [0.29, 0.717) is 24.4 Å². The maximum absolute atomic E-state index is 13.1. The number of hydrogen-bond donors (Lipinski definition) is 1. The fourth-order valence-electron chi connectivity index (χ4n) is 3.84. The van der Waals surface area contributed by atoms with Crippen molar-refractivity contribution < 1.29 is 13.2 Å². The van der Waals surface area contributed by atoms with Crippen molar-refractivity contribution in [2.45, 2.75) is 44.0 Å². The molecule has 0 spiro atoms. The highest BCUT2D eigenvalue weighted by Crippen LogP contribution is 2.31. The van der Waals surface area contributed by atoms with Crippen molar-refractivity contribution in [2.75, 3.05) is 11.9 Å². The van der Waals surface area contributed by atoms with Gasteiger partial charge in [-0.3, -0.25) is 4.79 Å². The third-order valence-electron chi connectivity index (χ3n) is 5.34. The molecule has 0 saturated carbocycles. The van der Waals surface area contributed by atoms with E-state index in [4.69, 9.17) is 0 Å². The summed E-state index contributed by atoms with van der Waals surface area (Å²) in [5, 5.41) is 3.03. The Bertz CT molecular complexity index is 1080. The molecule has 2 aliphatic heterocycles. The minimum atomic E-state index is -3.71. The summed E-state index contributed by atoms with van der Waals surface area (Å²) in [6.07, 6.45) is 2.48. The van der Waals surface area contributed by atoms with E-state index >= 15 is 0 Å². The number of nitrogens with one attached hydrogen (secondary N) is 1. The zero-order valence-electron chi connectivity index (χ0n) is 16.0. The topological polar surface area (TPSA) is 78.8 Å². The lowest BCUT2D eigenvalue weighted by molar-refractivity contribution is -0.120. The molecule has 0 aromatic heterocycles. The molecule has 2 aliphatic rings. The number of nitrogens with zero attached hydrogens (tertiary/aromatic N) is 2. The third kappa shape index (κ3) is 3.30. The summed E-state index contributed by atoms with van der Waals surface area (Å²) in [7, 11) is -3.71. The molecule has 6 nitrogen and oxygen atoms in total. The summed E-state index contributed by atoms with van der Waals surface area (Å²) in [6.45, 7) is 4.54. The summed E-state index contributed by atoms with van der Waals surface area (Å²) < 4.78 is 28.9. The number of benzene rings is 2. The van der Waals surface area contributed by atoms with Gasteiger partial charge < -0.3 is 10.2 Å². The van der Waals surface area contributed by atoms with Gasteiger partial charge >= 0.3 is 0 Å². The van der Waals surface area contributed by atoms with Crippen molar-refractivity contribution in [2.24, 2.45) is 4.40 Å². The van der Waals surface area contributed by atoms with E-state index in [1.165, 1.54) is 0 Å². The molecule has 4 rings (SSSR count). The van der Waals surface area contributed by atoms with Crippen molar-refractivity contribution in [1.29, 1.82) is 0 Å². The van der Waals surface area contributed by atoms with E-state index in [1.807, 2.05) is 36.9 Å². The number of amidine groups is 1. The van der Waals surface area contributed by atoms with Crippen LogP contribution in [0, 0.1) is 13.8 Å². The maximum atomic E-state index is 13.1. The zero-order chi connectivity index (χ0) is 19.9. The first-order chi connectivity index (χ1) is 13.4. The first kappa shape index (κ1) is 18.7. The van der Waals surface area contributed by atoms with E-state index < -0.39 is 16.1 Å². The van der Waals surface area contributed by atoms with Crippen LogP contribution in [0.4, 0.5) is 5.69 Å². The Morgan fingerprint density at radius 2 is 1.93 bits per heavy atom. The van der Waals surface area contributed by atoms with Gasteiger partial charge in [-0.05, 0) is 62.4 Å². The minimum absolute atomic E-state index is 0.127. The van der Waals surface area contributed by atoms with Crippen molar-refractivity contribution in [3.63, 3.8) is 0 Å². The smallest absolute Gasteiger partial charge is 0.285 e. The quantitative estimate of drug-likeness (QED) is 0.844. The van der Waals surface area contributed by atoms with Gasteiger partial charge in [-0.1, -0.05) is 24.3 Å². The molecule has 2 heterocycles. The number of carbonyl (C=O) groups is 1. The summed E-state index contributed by atoms with van der Waals surface area (Å²) in [6, 6.07) is 12.3. The second-order valence-electron chi connectivity index (χ2n) is 7.40. The number of likely N-dealkylation sites (tertiary alicyclic amines) is 1. The van der Waals surface area contributed by atoms with Gasteiger partial charge in [-0.25, -0.2) is 0 Å². The van der Waals surface area contributed by atoms with Crippen molar-refractivity contribution in [1.82, 2.24) is 4.90 Å². The van der Waals surface area contributed by atoms with Crippen LogP contribution in [0.3, 0.4) is 0 Å². The molecule has 1 saturated heterocycles. The van der Waals surface area contributed by atoms with Crippen LogP contribution in [0.1, 0.15) is 36.0 Å². The summed E-state index contributed by atoms with van der Waals surface area (Å²) in [5.74, 6) is 0.259. The fraction of sp³-hybridized carbons (Fsp3) is 0.333. The maximum Gasteiger partial charge on any atom is 0.285 e. The van der Waals surface area contributed by atoms with Gasteiger partial charge in [0.1, 0.15) is 10.9 Å². The van der Waals surface area contributed by atoms with E-state index in [0.717, 1.165) is 29.7 Å². The van der Waals surface area contributed by atoms with Crippen LogP contribution in [0.2, 0.25) is 0 Å². The van der Waals surface area contributed by atoms with Gasteiger partial charge in [0.05, 0.1) is 0 Å². The van der Waals surface area contributed by atoms with Crippen molar-refractivity contribution >= 4 is 27.5 Å². The molecule has 28 heavy (non-hydrogen) atoms. The molecule has 1 amide bonds. The Balaban J connectivity index is 1.66. The molecule has 2 aromatic carbocycles. The zero-order valence-corrected chi connectivity index (χ0v) is 16.8. The van der Waals surface area contributed by atoms with Crippen LogP contribution in [0.5, 0.6) is 0 Å². The van der Waals surface area contributed by atoms with E-state index in [1.54, 1.807) is 24.3 Å². The van der Waals surface area contributed by atoms with Crippen LogP contribution < -0.4 is 5.32 Å². The Morgan fingerprint density at radius 3 is 2.75 bits per heavy atom. The molecule has 1 atom stereocenters. The summed E-state index contributed by atoms with van der Waals surface area (Å²) in [4.78, 5) is 15.2. The molecular formula is C21H23N3O3S. The van der Waals surface area contributed by atoms with Crippen LogP contribution in [0.15, 0.2) is 51.8 Å². The predicted octanol–water partition coefficient (Wildman–Crippen LogP) is 3.25. The van der Waals surface area contributed by atoms with E-state index in [2.05, 4.69) is 9.71 Å². The van der Waals surface area contributed by atoms with Crippen LogP contribution in [0.25, 0.3) is 0 Å². The SMILES string of the molecule is Cc1ccc(C)c(NC(=O)[C@H]2CCCCN2C2=NS(=O)(=O)c3ccccc32)c1. The number of hydrogen-bond acceptors (Lipinski definition) is 4. The highest BCUT2D eigenvalue weighted by atomic mass is 32.2. The van der Waals surface area contributed by atoms with Gasteiger partial charge in [-0.2, -0.15) is 8.42 Å². The Labute approximate surface area is 165 Å². The number of fused-ring (bicyclic) bond motifs is 1. The largest absolute Gasteiger partial charge is 0.343 e. The normalized spacial score (nSPS) is 20.4. The molecule has 7 heteroatoms. The molecule has 1 N–H and O–H groups in total. The lowest BCUT2D eigenvalue weighted by Crippen LogP contribution is -2.50. The standard InChI is InChI=1S/C21H23N3O3S/c1-14-10-11-15(2)17(13-14)22-21(25)18-8-5-6-12-24(18)20-16-7-3-4-9-19(16)28(26,27)23-20/h3-4,7,9-11,13,18H,5-6,8,12H2,1-2H3,(H,22,25)/t18-/m1/s1. The lowest BCUT2D eigenvalue weighted by Gasteiger charge is -2.36. The van der Waals surface area contributed by atoms with Gasteiger partial charge in [0.2, 0.25) is 5.91 Å². The Kier molecular flexibility index (Phi) is 4.71. The van der Waals surface area contributed by atoms with Crippen molar-refractivity contribution in [3.8, 4) is 0 Å². The van der Waals surface area contributed by atoms with Crippen LogP contribution in [-0.2, 0) is 14.8 Å². The van der Waals surface area contributed by atoms with Crippen LogP contribution in [-0.4, -0.2) is 37.6 Å². The number of carbonyl (C=O) groups excluding carboxylic acids is 1. The number of anilines is 1. The van der Waals surface area contributed by atoms with E-state index in [9.17, 15) is 13.2 Å². The average Bonchev–Trinajstić information content (AvgIpc) is 2.96. The molecule has 2 aromatic rings. The Hall–Kier alpha value is -2.67. The van der Waals surface area contributed by atoms with E-state index in [-0.39, 0.29) is 10.8 Å². The number of rotatable bonds is 2. The molecule has 146 valence electrons. The number of piperidine rings is 1. The molecule has 0 radical (unpaired) electrons. The minimum Gasteiger partial charge on any atom is -0.343 e. The molecular weight excluding hydrogens is 374 g/mol. The average molecular weight is 398 g/mol. The number of amides is 1. The first-order valence-corrected chi connectivity index (χ1v) is 10.9. The molecule has 0 bridgehead atoms. The fourth-order valence-corrected chi connectivity index (χ4v) is 5.06. The van der Waals surface area contributed by atoms with Gasteiger partial charge in [0.25, 0.3) is 10.0 Å². The molecule has 0 aliphatic carbocycles. The summed E-state index contributed by atoms with van der Waals surface area (Å²) in [5.41, 5.74) is 3.43. The third-order valence-corrected chi connectivity index (χ3v) is 6.67. The Morgan fingerprint density at radius 1 is 1.14 bits per heavy atom. The summed E-state index contributed by atoms with van der Waals surface area (Å²) >= 11 is 0. The van der Waals surface area contributed by atoms with Crippen LogP contribution >= 0.6 is 0 Å². The molecule has 1 fully saturated rings. The highest BCUT2D eigenvalue weighted by Gasteiger charge is 2.38. The second kappa shape index (κ2) is 7.05.